The van der Waals surface area contributed by atoms with Crippen LogP contribution in [0, 0.1) is 0 Å². The lowest BCUT2D eigenvalue weighted by Crippen LogP contribution is -2.62. The largest absolute Gasteiger partial charge is 0.345 e. The third-order valence-electron chi connectivity index (χ3n) is 3.65. The molecule has 0 aliphatic carbocycles. The van der Waals surface area contributed by atoms with Gasteiger partial charge in [-0.2, -0.15) is 0 Å². The molecule has 0 aromatic carbocycles. The Morgan fingerprint density at radius 2 is 1.82 bits per heavy atom. The SMILES string of the molecule is CC1(C)CC(NC(=O)C(=O)Nc2cccnc2)CC(C)(C)N1. The molecule has 1 aliphatic rings. The number of piperidine rings is 1. The number of nitrogens with one attached hydrogen (secondary N) is 3. The zero-order valence-corrected chi connectivity index (χ0v) is 13.6. The fourth-order valence-corrected chi connectivity index (χ4v) is 3.30. The monoisotopic (exact) mass is 304 g/mol. The summed E-state index contributed by atoms with van der Waals surface area (Å²) in [6.07, 6.45) is 4.67. The van der Waals surface area contributed by atoms with E-state index in [1.165, 1.54) is 6.20 Å². The second-order valence-electron chi connectivity index (χ2n) is 7.17. The number of anilines is 1. The molecule has 0 saturated carbocycles. The second-order valence-corrected chi connectivity index (χ2v) is 7.17. The maximum Gasteiger partial charge on any atom is 0.313 e. The number of pyridine rings is 1. The van der Waals surface area contributed by atoms with E-state index >= 15 is 0 Å². The van der Waals surface area contributed by atoms with E-state index in [0.29, 0.717) is 5.69 Å². The van der Waals surface area contributed by atoms with Gasteiger partial charge in [-0.3, -0.25) is 14.6 Å². The van der Waals surface area contributed by atoms with Gasteiger partial charge in [0.15, 0.2) is 0 Å². The van der Waals surface area contributed by atoms with Crippen molar-refractivity contribution in [1.82, 2.24) is 15.6 Å². The molecule has 22 heavy (non-hydrogen) atoms. The van der Waals surface area contributed by atoms with E-state index in [2.05, 4.69) is 48.6 Å². The molecule has 1 aromatic rings. The first kappa shape index (κ1) is 16.4. The highest BCUT2D eigenvalue weighted by Crippen LogP contribution is 2.28. The molecule has 120 valence electrons. The van der Waals surface area contributed by atoms with Crippen LogP contribution in [-0.2, 0) is 9.59 Å². The summed E-state index contributed by atoms with van der Waals surface area (Å²) in [5.41, 5.74) is 0.340. The summed E-state index contributed by atoms with van der Waals surface area (Å²) in [6, 6.07) is 3.36. The van der Waals surface area contributed by atoms with Crippen LogP contribution in [0.2, 0.25) is 0 Å². The smallest absolute Gasteiger partial charge is 0.313 e. The molecule has 1 aromatic heterocycles. The van der Waals surface area contributed by atoms with Crippen LogP contribution in [0.15, 0.2) is 24.5 Å². The van der Waals surface area contributed by atoms with E-state index < -0.39 is 11.8 Å². The minimum atomic E-state index is -0.665. The topological polar surface area (TPSA) is 83.1 Å². The highest BCUT2D eigenvalue weighted by Gasteiger charge is 2.38. The van der Waals surface area contributed by atoms with Crippen molar-refractivity contribution in [2.45, 2.75) is 57.7 Å². The summed E-state index contributed by atoms with van der Waals surface area (Å²) >= 11 is 0. The molecule has 0 unspecified atom stereocenters. The van der Waals surface area contributed by atoms with Gasteiger partial charge in [0.05, 0.1) is 11.9 Å². The van der Waals surface area contributed by atoms with Crippen LogP contribution < -0.4 is 16.0 Å². The summed E-state index contributed by atoms with van der Waals surface area (Å²) in [5, 5.41) is 8.93. The summed E-state index contributed by atoms with van der Waals surface area (Å²) in [5.74, 6) is -1.27. The molecule has 0 radical (unpaired) electrons. The summed E-state index contributed by atoms with van der Waals surface area (Å²) < 4.78 is 0. The lowest BCUT2D eigenvalue weighted by molar-refractivity contribution is -0.137. The van der Waals surface area contributed by atoms with Crippen molar-refractivity contribution in [2.24, 2.45) is 0 Å². The zero-order chi connectivity index (χ0) is 16.4. The van der Waals surface area contributed by atoms with Crippen LogP contribution in [0.4, 0.5) is 5.69 Å². The zero-order valence-electron chi connectivity index (χ0n) is 13.6. The van der Waals surface area contributed by atoms with Crippen LogP contribution in [0.3, 0.4) is 0 Å². The number of rotatable bonds is 2. The Morgan fingerprint density at radius 1 is 1.18 bits per heavy atom. The lowest BCUT2D eigenvalue weighted by atomic mass is 9.79. The number of hydrogen-bond donors (Lipinski definition) is 3. The summed E-state index contributed by atoms with van der Waals surface area (Å²) in [4.78, 5) is 27.9. The van der Waals surface area contributed by atoms with E-state index in [-0.39, 0.29) is 17.1 Å². The highest BCUT2D eigenvalue weighted by molar-refractivity contribution is 6.39. The van der Waals surface area contributed by atoms with E-state index in [9.17, 15) is 9.59 Å². The number of carbonyl (C=O) groups excluding carboxylic acids is 2. The molecule has 2 heterocycles. The Balaban J connectivity index is 1.95. The van der Waals surface area contributed by atoms with Crippen molar-refractivity contribution >= 4 is 17.5 Å². The Labute approximate surface area is 131 Å². The lowest BCUT2D eigenvalue weighted by Gasteiger charge is -2.46. The van der Waals surface area contributed by atoms with Crippen LogP contribution >= 0.6 is 0 Å². The number of aromatic nitrogens is 1. The van der Waals surface area contributed by atoms with Crippen LogP contribution in [0.1, 0.15) is 40.5 Å². The molecule has 0 spiro atoms. The first-order valence-electron chi connectivity index (χ1n) is 7.48. The molecule has 6 heteroatoms. The van der Waals surface area contributed by atoms with Gasteiger partial charge in [0.1, 0.15) is 0 Å². The Kier molecular flexibility index (Phi) is 4.51. The molecule has 1 fully saturated rings. The van der Waals surface area contributed by atoms with Crippen molar-refractivity contribution in [1.29, 1.82) is 0 Å². The normalized spacial score (nSPS) is 20.2. The Hall–Kier alpha value is -1.95. The van der Waals surface area contributed by atoms with Crippen molar-refractivity contribution < 1.29 is 9.59 Å². The van der Waals surface area contributed by atoms with E-state index in [1.807, 2.05) is 0 Å². The number of hydrogen-bond acceptors (Lipinski definition) is 4. The van der Waals surface area contributed by atoms with Gasteiger partial charge in [0, 0.05) is 23.3 Å². The first-order chi connectivity index (χ1) is 10.2. The third kappa shape index (κ3) is 4.53. The highest BCUT2D eigenvalue weighted by atomic mass is 16.2. The fraction of sp³-hybridized carbons (Fsp3) is 0.562. The minimum absolute atomic E-state index is 0.0293. The minimum Gasteiger partial charge on any atom is -0.345 e. The summed E-state index contributed by atoms with van der Waals surface area (Å²) in [6.45, 7) is 8.40. The Morgan fingerprint density at radius 3 is 2.36 bits per heavy atom. The van der Waals surface area contributed by atoms with Gasteiger partial charge in [0.25, 0.3) is 0 Å². The van der Waals surface area contributed by atoms with E-state index in [4.69, 9.17) is 0 Å². The Bertz CT molecular complexity index is 539. The van der Waals surface area contributed by atoms with Crippen LogP contribution in [0.5, 0.6) is 0 Å². The predicted molar refractivity (Wildman–Crippen MR) is 85.3 cm³/mol. The van der Waals surface area contributed by atoms with Crippen molar-refractivity contribution in [2.75, 3.05) is 5.32 Å². The van der Waals surface area contributed by atoms with Gasteiger partial charge in [-0.1, -0.05) is 0 Å². The first-order valence-corrected chi connectivity index (χ1v) is 7.48. The standard InChI is InChI=1S/C16H24N4O2/c1-15(2)8-12(9-16(3,4)20-15)19-14(22)13(21)18-11-6-5-7-17-10-11/h5-7,10,12,20H,8-9H2,1-4H3,(H,18,21)(H,19,22). The molecular weight excluding hydrogens is 280 g/mol. The maximum atomic E-state index is 12.1. The van der Waals surface area contributed by atoms with Crippen molar-refractivity contribution in [3.63, 3.8) is 0 Å². The number of nitrogens with zero attached hydrogens (tertiary/aromatic N) is 1. The maximum absolute atomic E-state index is 12.1. The second kappa shape index (κ2) is 6.04. The third-order valence-corrected chi connectivity index (χ3v) is 3.65. The van der Waals surface area contributed by atoms with Gasteiger partial charge >= 0.3 is 11.8 Å². The van der Waals surface area contributed by atoms with Gasteiger partial charge in [0.2, 0.25) is 0 Å². The molecule has 0 bridgehead atoms. The van der Waals surface area contributed by atoms with Crippen LogP contribution in [0.25, 0.3) is 0 Å². The molecule has 1 saturated heterocycles. The predicted octanol–water partition coefficient (Wildman–Crippen LogP) is 1.45. The van der Waals surface area contributed by atoms with E-state index in [0.717, 1.165) is 12.8 Å². The molecule has 1 aliphatic heterocycles. The van der Waals surface area contributed by atoms with Gasteiger partial charge in [-0.15, -0.1) is 0 Å². The quantitative estimate of drug-likeness (QED) is 0.722. The average Bonchev–Trinajstić information content (AvgIpc) is 2.35. The average molecular weight is 304 g/mol. The molecule has 6 nitrogen and oxygen atoms in total. The van der Waals surface area contributed by atoms with Gasteiger partial charge in [-0.25, -0.2) is 0 Å². The van der Waals surface area contributed by atoms with Crippen molar-refractivity contribution in [3.05, 3.63) is 24.5 Å². The molecule has 2 amide bonds. The van der Waals surface area contributed by atoms with Crippen LogP contribution in [-0.4, -0.2) is 33.9 Å². The van der Waals surface area contributed by atoms with E-state index in [1.54, 1.807) is 18.3 Å². The van der Waals surface area contributed by atoms with Gasteiger partial charge in [-0.05, 0) is 52.7 Å². The number of carbonyl (C=O) groups is 2. The fourth-order valence-electron chi connectivity index (χ4n) is 3.30. The van der Waals surface area contributed by atoms with Gasteiger partial charge < -0.3 is 16.0 Å². The molecule has 0 atom stereocenters. The molecular formula is C16H24N4O2. The molecule has 3 N–H and O–H groups in total. The summed E-state index contributed by atoms with van der Waals surface area (Å²) in [7, 11) is 0. The number of amides is 2. The molecule has 2 rings (SSSR count). The van der Waals surface area contributed by atoms with Crippen molar-refractivity contribution in [3.8, 4) is 0 Å².